The average molecular weight is 369 g/mol. The molecule has 0 N–H and O–H groups in total. The van der Waals surface area contributed by atoms with Crippen LogP contribution in [0.1, 0.15) is 23.7 Å². The summed E-state index contributed by atoms with van der Waals surface area (Å²) < 4.78 is 10.6. The molecule has 6 nitrogen and oxygen atoms in total. The average Bonchev–Trinajstić information content (AvgIpc) is 2.95. The molecular formula is C21H27N3O3. The van der Waals surface area contributed by atoms with E-state index in [1.54, 1.807) is 14.2 Å². The molecule has 0 bridgehead atoms. The second-order valence-corrected chi connectivity index (χ2v) is 6.69. The van der Waals surface area contributed by atoms with E-state index in [4.69, 9.17) is 9.47 Å². The number of hydrogen-bond donors (Lipinski definition) is 0. The summed E-state index contributed by atoms with van der Waals surface area (Å²) in [6, 6.07) is 13.6. The maximum Gasteiger partial charge on any atom is 0.256 e. The lowest BCUT2D eigenvalue weighted by molar-refractivity contribution is -0.142. The zero-order chi connectivity index (χ0) is 19.1. The molecule has 2 heterocycles. The van der Waals surface area contributed by atoms with Gasteiger partial charge in [0.15, 0.2) is 6.10 Å². The minimum atomic E-state index is -0.538. The van der Waals surface area contributed by atoms with Crippen molar-refractivity contribution in [1.29, 1.82) is 0 Å². The van der Waals surface area contributed by atoms with Crippen LogP contribution in [0.5, 0.6) is 5.88 Å². The fraction of sp³-hybridized carbons (Fsp3) is 0.429. The van der Waals surface area contributed by atoms with Crippen LogP contribution in [0.3, 0.4) is 0 Å². The minimum Gasteiger partial charge on any atom is -0.481 e. The molecule has 1 saturated heterocycles. The Morgan fingerprint density at radius 2 is 1.89 bits per heavy atom. The molecular weight excluding hydrogens is 342 g/mol. The van der Waals surface area contributed by atoms with Gasteiger partial charge in [-0.1, -0.05) is 36.4 Å². The van der Waals surface area contributed by atoms with Gasteiger partial charge in [-0.3, -0.25) is 9.69 Å². The summed E-state index contributed by atoms with van der Waals surface area (Å²) in [5, 5.41) is 0. The van der Waals surface area contributed by atoms with E-state index < -0.39 is 6.10 Å². The first-order valence-electron chi connectivity index (χ1n) is 9.29. The number of rotatable bonds is 6. The first kappa shape index (κ1) is 19.3. The molecule has 27 heavy (non-hydrogen) atoms. The van der Waals surface area contributed by atoms with Gasteiger partial charge in [-0.2, -0.15) is 0 Å². The summed E-state index contributed by atoms with van der Waals surface area (Å²) in [5.74, 6) is 0.662. The highest BCUT2D eigenvalue weighted by molar-refractivity contribution is 5.82. The van der Waals surface area contributed by atoms with E-state index in [2.05, 4.69) is 9.88 Å². The Balaban J connectivity index is 1.59. The van der Waals surface area contributed by atoms with E-state index >= 15 is 0 Å². The minimum absolute atomic E-state index is 0.0386. The predicted octanol–water partition coefficient (Wildman–Crippen LogP) is 2.51. The van der Waals surface area contributed by atoms with Crippen LogP contribution in [0.2, 0.25) is 0 Å². The van der Waals surface area contributed by atoms with Gasteiger partial charge >= 0.3 is 0 Å². The van der Waals surface area contributed by atoms with Gasteiger partial charge in [-0.15, -0.1) is 0 Å². The molecule has 2 aromatic rings. The van der Waals surface area contributed by atoms with Gasteiger partial charge in [0.05, 0.1) is 7.11 Å². The van der Waals surface area contributed by atoms with Crippen molar-refractivity contribution in [2.45, 2.75) is 19.1 Å². The van der Waals surface area contributed by atoms with Crippen molar-refractivity contribution >= 4 is 5.91 Å². The summed E-state index contributed by atoms with van der Waals surface area (Å²) in [7, 11) is 3.21. The van der Waals surface area contributed by atoms with Gasteiger partial charge in [0.2, 0.25) is 5.88 Å². The first-order chi connectivity index (χ1) is 13.2. The van der Waals surface area contributed by atoms with Crippen molar-refractivity contribution in [3.8, 4) is 5.88 Å². The second-order valence-electron chi connectivity index (χ2n) is 6.69. The maximum absolute atomic E-state index is 13.0. The van der Waals surface area contributed by atoms with E-state index in [9.17, 15) is 4.79 Å². The summed E-state index contributed by atoms with van der Waals surface area (Å²) in [4.78, 5) is 21.5. The molecule has 1 atom stereocenters. The standard InChI is InChI=1S/C21H27N3O3/c1-26-19-10-9-17(15-22-19)16-23-11-6-12-24(14-13-23)21(25)20(27-2)18-7-4-3-5-8-18/h3-5,7-10,15,20H,6,11-14,16H2,1-2H3/t20-/m0/s1. The highest BCUT2D eigenvalue weighted by Crippen LogP contribution is 2.20. The lowest BCUT2D eigenvalue weighted by Gasteiger charge is -2.26. The van der Waals surface area contributed by atoms with Gasteiger partial charge in [0, 0.05) is 52.1 Å². The van der Waals surface area contributed by atoms with E-state index in [1.807, 2.05) is 53.6 Å². The maximum atomic E-state index is 13.0. The van der Waals surface area contributed by atoms with Crippen LogP contribution < -0.4 is 4.74 Å². The normalized spacial score (nSPS) is 16.6. The summed E-state index contributed by atoms with van der Waals surface area (Å²) in [5.41, 5.74) is 2.05. The number of amides is 1. The van der Waals surface area contributed by atoms with Crippen LogP contribution in [-0.4, -0.2) is 61.1 Å². The number of carbonyl (C=O) groups is 1. The molecule has 0 saturated carbocycles. The van der Waals surface area contributed by atoms with Crippen molar-refractivity contribution in [3.63, 3.8) is 0 Å². The van der Waals surface area contributed by atoms with Crippen LogP contribution >= 0.6 is 0 Å². The molecule has 0 unspecified atom stereocenters. The van der Waals surface area contributed by atoms with Gasteiger partial charge < -0.3 is 14.4 Å². The van der Waals surface area contributed by atoms with Gasteiger partial charge in [-0.25, -0.2) is 4.98 Å². The molecule has 3 rings (SSSR count). The third kappa shape index (κ3) is 5.05. The third-order valence-electron chi connectivity index (χ3n) is 4.88. The Morgan fingerprint density at radius 3 is 2.56 bits per heavy atom. The Labute approximate surface area is 160 Å². The number of benzene rings is 1. The Morgan fingerprint density at radius 1 is 1.07 bits per heavy atom. The molecule has 0 spiro atoms. The highest BCUT2D eigenvalue weighted by atomic mass is 16.5. The smallest absolute Gasteiger partial charge is 0.256 e. The topological polar surface area (TPSA) is 54.9 Å². The SMILES string of the molecule is COc1ccc(CN2CCCN(C(=O)[C@@H](OC)c3ccccc3)CC2)cn1. The Kier molecular flexibility index (Phi) is 6.79. The quantitative estimate of drug-likeness (QED) is 0.783. The summed E-state index contributed by atoms with van der Waals surface area (Å²) in [6.45, 7) is 4.07. The second kappa shape index (κ2) is 9.48. The number of carbonyl (C=O) groups excluding carboxylic acids is 1. The summed E-state index contributed by atoms with van der Waals surface area (Å²) in [6.07, 6.45) is 2.26. The predicted molar refractivity (Wildman–Crippen MR) is 103 cm³/mol. The van der Waals surface area contributed by atoms with Crippen molar-refractivity contribution < 1.29 is 14.3 Å². The van der Waals surface area contributed by atoms with Crippen molar-refractivity contribution in [1.82, 2.24) is 14.8 Å². The van der Waals surface area contributed by atoms with Gasteiger partial charge in [0.1, 0.15) is 0 Å². The summed E-state index contributed by atoms with van der Waals surface area (Å²) >= 11 is 0. The molecule has 1 amide bonds. The fourth-order valence-electron chi connectivity index (χ4n) is 3.41. The fourth-order valence-corrected chi connectivity index (χ4v) is 3.41. The molecule has 1 fully saturated rings. The van der Waals surface area contributed by atoms with E-state index in [0.717, 1.165) is 43.7 Å². The number of methoxy groups -OCH3 is 2. The number of nitrogens with zero attached hydrogens (tertiary/aromatic N) is 3. The monoisotopic (exact) mass is 369 g/mol. The molecule has 0 radical (unpaired) electrons. The van der Waals surface area contributed by atoms with E-state index in [-0.39, 0.29) is 5.91 Å². The lowest BCUT2D eigenvalue weighted by atomic mass is 10.1. The third-order valence-corrected chi connectivity index (χ3v) is 4.88. The highest BCUT2D eigenvalue weighted by Gasteiger charge is 2.27. The van der Waals surface area contributed by atoms with Gasteiger partial charge in [-0.05, 0) is 17.5 Å². The van der Waals surface area contributed by atoms with Crippen LogP contribution in [0.15, 0.2) is 48.7 Å². The number of hydrogen-bond acceptors (Lipinski definition) is 5. The zero-order valence-corrected chi connectivity index (χ0v) is 16.0. The molecule has 1 aliphatic rings. The van der Waals surface area contributed by atoms with Gasteiger partial charge in [0.25, 0.3) is 5.91 Å². The number of pyridine rings is 1. The van der Waals surface area contributed by atoms with E-state index in [1.165, 1.54) is 0 Å². The van der Waals surface area contributed by atoms with Crippen LogP contribution in [-0.2, 0) is 16.1 Å². The zero-order valence-electron chi connectivity index (χ0n) is 16.0. The van der Waals surface area contributed by atoms with Crippen LogP contribution in [0.4, 0.5) is 0 Å². The molecule has 0 aliphatic carbocycles. The Hall–Kier alpha value is -2.44. The van der Waals surface area contributed by atoms with E-state index in [0.29, 0.717) is 12.4 Å². The molecule has 1 aromatic heterocycles. The number of aromatic nitrogens is 1. The molecule has 6 heteroatoms. The largest absolute Gasteiger partial charge is 0.481 e. The molecule has 1 aliphatic heterocycles. The Bertz CT molecular complexity index is 721. The molecule has 1 aromatic carbocycles. The van der Waals surface area contributed by atoms with Crippen molar-refractivity contribution in [3.05, 3.63) is 59.8 Å². The van der Waals surface area contributed by atoms with Crippen molar-refractivity contribution in [2.24, 2.45) is 0 Å². The number of ether oxygens (including phenoxy) is 2. The van der Waals surface area contributed by atoms with Crippen LogP contribution in [0.25, 0.3) is 0 Å². The van der Waals surface area contributed by atoms with Crippen molar-refractivity contribution in [2.75, 3.05) is 40.4 Å². The lowest BCUT2D eigenvalue weighted by Crippen LogP contribution is -2.38. The van der Waals surface area contributed by atoms with Crippen LogP contribution in [0, 0.1) is 0 Å². The molecule has 144 valence electrons. The first-order valence-corrected chi connectivity index (χ1v) is 9.29.